The van der Waals surface area contributed by atoms with Crippen LogP contribution in [0, 0.1) is 11.7 Å². The van der Waals surface area contributed by atoms with Crippen molar-refractivity contribution in [2.24, 2.45) is 5.92 Å². The second-order valence-corrected chi connectivity index (χ2v) is 7.78. The lowest BCUT2D eigenvalue weighted by Crippen LogP contribution is -2.41. The van der Waals surface area contributed by atoms with Gasteiger partial charge in [0.25, 0.3) is 11.8 Å². The van der Waals surface area contributed by atoms with E-state index in [1.165, 1.54) is 38.1 Å². The second kappa shape index (κ2) is 10.2. The predicted molar refractivity (Wildman–Crippen MR) is 116 cm³/mol. The molecule has 2 aromatic carbocycles. The molecule has 1 atom stereocenters. The number of anilines is 1. The van der Waals surface area contributed by atoms with E-state index in [1.54, 1.807) is 29.2 Å². The second-order valence-electron chi connectivity index (χ2n) is 7.78. The van der Waals surface area contributed by atoms with E-state index in [1.807, 2.05) is 0 Å². The molecule has 1 aliphatic rings. The topological polar surface area (TPSA) is 92.8 Å². The fraction of sp³-hybridized carbons (Fsp3) is 0.333. The monoisotopic (exact) mass is 440 g/mol. The average Bonchev–Trinajstić information content (AvgIpc) is 2.79. The average molecular weight is 440 g/mol. The third-order valence-corrected chi connectivity index (χ3v) is 5.43. The Balaban J connectivity index is 1.47. The smallest absolute Gasteiger partial charge is 0.309 e. The molecular formula is C24H25FN2O5. The number of hydrogen-bond donors (Lipinski definition) is 1. The number of amides is 2. The van der Waals surface area contributed by atoms with Crippen molar-refractivity contribution in [3.05, 3.63) is 65.5 Å². The van der Waals surface area contributed by atoms with Gasteiger partial charge >= 0.3 is 5.97 Å². The molecule has 0 aliphatic carbocycles. The van der Waals surface area contributed by atoms with Crippen LogP contribution in [0.1, 0.15) is 47.4 Å². The maximum absolute atomic E-state index is 13.0. The van der Waals surface area contributed by atoms with Crippen molar-refractivity contribution in [2.75, 3.05) is 18.4 Å². The largest absolute Gasteiger partial charge is 0.452 e. The summed E-state index contributed by atoms with van der Waals surface area (Å²) in [5.41, 5.74) is 1.43. The molecule has 7 nitrogen and oxygen atoms in total. The summed E-state index contributed by atoms with van der Waals surface area (Å²) < 4.78 is 18.4. The standard InChI is InChI=1S/C24H25FN2O5/c1-15(28)17-5-9-21(10-6-17)26-22(29)16(2)32-24(31)19-11-13-27(14-12-19)23(30)18-3-7-20(25)8-4-18/h3-10,16,19H,11-14H2,1-2H3,(H,26,29). The molecule has 2 amide bonds. The number of Topliss-reactive ketones (excluding diaryl/α,β-unsaturated/α-hetero) is 1. The van der Waals surface area contributed by atoms with Crippen molar-refractivity contribution >= 4 is 29.3 Å². The van der Waals surface area contributed by atoms with E-state index in [0.29, 0.717) is 42.7 Å². The van der Waals surface area contributed by atoms with Gasteiger partial charge < -0.3 is 15.0 Å². The summed E-state index contributed by atoms with van der Waals surface area (Å²) in [6.07, 6.45) is -0.145. The van der Waals surface area contributed by atoms with Crippen LogP contribution in [0.15, 0.2) is 48.5 Å². The minimum atomic E-state index is -0.992. The van der Waals surface area contributed by atoms with E-state index in [0.717, 1.165) is 0 Å². The number of esters is 1. The minimum Gasteiger partial charge on any atom is -0.452 e. The van der Waals surface area contributed by atoms with Crippen LogP contribution in [-0.2, 0) is 14.3 Å². The lowest BCUT2D eigenvalue weighted by Gasteiger charge is -2.31. The molecule has 0 spiro atoms. The van der Waals surface area contributed by atoms with Gasteiger partial charge in [-0.15, -0.1) is 0 Å². The maximum Gasteiger partial charge on any atom is 0.309 e. The number of halogens is 1. The molecule has 0 aromatic heterocycles. The number of ether oxygens (including phenoxy) is 1. The van der Waals surface area contributed by atoms with Crippen LogP contribution in [0.3, 0.4) is 0 Å². The Hall–Kier alpha value is -3.55. The Labute approximate surface area is 185 Å². The molecule has 1 heterocycles. The Bertz CT molecular complexity index is 996. The number of benzene rings is 2. The Morgan fingerprint density at radius 3 is 2.09 bits per heavy atom. The summed E-state index contributed by atoms with van der Waals surface area (Å²) in [5, 5.41) is 2.65. The number of rotatable bonds is 6. The molecule has 3 rings (SSSR count). The number of nitrogens with zero attached hydrogens (tertiary/aromatic N) is 1. The summed E-state index contributed by atoms with van der Waals surface area (Å²) in [7, 11) is 0. The van der Waals surface area contributed by atoms with E-state index < -0.39 is 29.7 Å². The van der Waals surface area contributed by atoms with Gasteiger partial charge in [-0.05, 0) is 75.2 Å². The van der Waals surface area contributed by atoms with Crippen molar-refractivity contribution in [2.45, 2.75) is 32.8 Å². The number of ketones is 1. The molecule has 8 heteroatoms. The van der Waals surface area contributed by atoms with E-state index in [4.69, 9.17) is 4.74 Å². The van der Waals surface area contributed by atoms with Gasteiger partial charge in [0.1, 0.15) is 5.82 Å². The van der Waals surface area contributed by atoms with Crippen molar-refractivity contribution in [3.8, 4) is 0 Å². The fourth-order valence-corrected chi connectivity index (χ4v) is 3.45. The highest BCUT2D eigenvalue weighted by atomic mass is 19.1. The van der Waals surface area contributed by atoms with Crippen molar-refractivity contribution in [3.63, 3.8) is 0 Å². The quantitative estimate of drug-likeness (QED) is 0.549. The highest BCUT2D eigenvalue weighted by Crippen LogP contribution is 2.21. The van der Waals surface area contributed by atoms with E-state index in [9.17, 15) is 23.6 Å². The highest BCUT2D eigenvalue weighted by Gasteiger charge is 2.30. The van der Waals surface area contributed by atoms with Crippen LogP contribution in [0.4, 0.5) is 10.1 Å². The maximum atomic E-state index is 13.0. The van der Waals surface area contributed by atoms with Gasteiger partial charge in [0.05, 0.1) is 5.92 Å². The lowest BCUT2D eigenvalue weighted by atomic mass is 9.96. The van der Waals surface area contributed by atoms with Crippen molar-refractivity contribution < 1.29 is 28.3 Å². The van der Waals surface area contributed by atoms with Crippen LogP contribution >= 0.6 is 0 Å². The van der Waals surface area contributed by atoms with Gasteiger partial charge in [-0.2, -0.15) is 0 Å². The zero-order valence-corrected chi connectivity index (χ0v) is 18.0. The Morgan fingerprint density at radius 2 is 1.53 bits per heavy atom. The molecule has 1 saturated heterocycles. The molecule has 1 unspecified atom stereocenters. The summed E-state index contributed by atoms with van der Waals surface area (Å²) >= 11 is 0. The third kappa shape index (κ3) is 5.78. The fourth-order valence-electron chi connectivity index (χ4n) is 3.45. The number of hydrogen-bond acceptors (Lipinski definition) is 5. The first-order valence-corrected chi connectivity index (χ1v) is 10.4. The molecule has 1 fully saturated rings. The summed E-state index contributed by atoms with van der Waals surface area (Å²) in [6, 6.07) is 11.8. The van der Waals surface area contributed by atoms with Crippen molar-refractivity contribution in [1.29, 1.82) is 0 Å². The summed E-state index contributed by atoms with van der Waals surface area (Å²) in [6.45, 7) is 3.70. The third-order valence-electron chi connectivity index (χ3n) is 5.43. The normalized spacial score (nSPS) is 15.0. The lowest BCUT2D eigenvalue weighted by molar-refractivity contribution is -0.158. The molecule has 1 N–H and O–H groups in total. The predicted octanol–water partition coefficient (Wildman–Crippen LogP) is 3.45. The minimum absolute atomic E-state index is 0.0735. The first-order chi connectivity index (χ1) is 15.2. The molecular weight excluding hydrogens is 415 g/mol. The number of nitrogens with one attached hydrogen (secondary N) is 1. The van der Waals surface area contributed by atoms with Crippen LogP contribution in [-0.4, -0.2) is 47.7 Å². The van der Waals surface area contributed by atoms with Gasteiger partial charge in [0.15, 0.2) is 11.9 Å². The van der Waals surface area contributed by atoms with Crippen molar-refractivity contribution in [1.82, 2.24) is 4.90 Å². The van der Waals surface area contributed by atoms with Gasteiger partial charge in [0.2, 0.25) is 0 Å². The number of piperidine rings is 1. The molecule has 0 bridgehead atoms. The van der Waals surface area contributed by atoms with Crippen LogP contribution in [0.5, 0.6) is 0 Å². The first kappa shape index (κ1) is 23.1. The number of likely N-dealkylation sites (tertiary alicyclic amines) is 1. The molecule has 168 valence electrons. The van der Waals surface area contributed by atoms with E-state index in [2.05, 4.69) is 5.32 Å². The summed E-state index contributed by atoms with van der Waals surface area (Å²) in [5.74, 6) is -2.05. The van der Waals surface area contributed by atoms with E-state index >= 15 is 0 Å². The molecule has 1 aliphatic heterocycles. The van der Waals surface area contributed by atoms with Crippen LogP contribution in [0.2, 0.25) is 0 Å². The molecule has 32 heavy (non-hydrogen) atoms. The zero-order valence-electron chi connectivity index (χ0n) is 18.0. The van der Waals surface area contributed by atoms with Gasteiger partial charge in [-0.3, -0.25) is 19.2 Å². The SMILES string of the molecule is CC(=O)c1ccc(NC(=O)C(C)OC(=O)C2CCN(C(=O)c3ccc(F)cc3)CC2)cc1. The zero-order chi connectivity index (χ0) is 23.3. The van der Waals surface area contributed by atoms with Gasteiger partial charge in [-0.25, -0.2) is 4.39 Å². The van der Waals surface area contributed by atoms with Crippen LogP contribution in [0.25, 0.3) is 0 Å². The molecule has 2 aromatic rings. The Morgan fingerprint density at radius 1 is 0.969 bits per heavy atom. The number of carbonyl (C=O) groups is 4. The van der Waals surface area contributed by atoms with Gasteiger partial charge in [0, 0.05) is 29.9 Å². The van der Waals surface area contributed by atoms with E-state index in [-0.39, 0.29) is 11.7 Å². The molecule has 0 saturated carbocycles. The number of carbonyl (C=O) groups excluding carboxylic acids is 4. The van der Waals surface area contributed by atoms with Gasteiger partial charge in [-0.1, -0.05) is 0 Å². The summed E-state index contributed by atoms with van der Waals surface area (Å²) in [4.78, 5) is 50.3. The first-order valence-electron chi connectivity index (χ1n) is 10.4. The highest BCUT2D eigenvalue weighted by molar-refractivity contribution is 5.97. The molecule has 0 radical (unpaired) electrons. The Kier molecular flexibility index (Phi) is 7.35. The van der Waals surface area contributed by atoms with Crippen LogP contribution < -0.4 is 5.32 Å².